The number of carbonyl (C=O) groups excluding carboxylic acids is 1. The molecule has 0 saturated carbocycles. The van der Waals surface area contributed by atoms with E-state index < -0.39 is 10.3 Å². The number of aryl methyl sites for hydroxylation is 1. The molecule has 0 aliphatic rings. The van der Waals surface area contributed by atoms with Crippen molar-refractivity contribution in [3.05, 3.63) is 69.8 Å². The molecule has 2 rings (SSSR count). The van der Waals surface area contributed by atoms with Gasteiger partial charge in [0.15, 0.2) is 0 Å². The van der Waals surface area contributed by atoms with E-state index in [2.05, 4.69) is 5.32 Å². The van der Waals surface area contributed by atoms with Crippen molar-refractivity contribution in [1.29, 1.82) is 0 Å². The maximum absolute atomic E-state index is 12.6. The standard InChI is InChI=1S/C18H20N2O3/c1-13-9-10-15(20(22)23)11-16(13)19-17(21)18(2,3)12-14-7-5-4-6-8-14/h4-11H,12H2,1-3H3,(H,19,21). The van der Waals surface area contributed by atoms with E-state index in [1.54, 1.807) is 6.07 Å². The van der Waals surface area contributed by atoms with Gasteiger partial charge in [0.25, 0.3) is 5.69 Å². The Labute approximate surface area is 135 Å². The molecule has 0 aromatic heterocycles. The lowest BCUT2D eigenvalue weighted by atomic mass is 9.84. The quantitative estimate of drug-likeness (QED) is 0.667. The van der Waals surface area contributed by atoms with E-state index >= 15 is 0 Å². The van der Waals surface area contributed by atoms with Gasteiger partial charge in [-0.1, -0.05) is 50.2 Å². The molecule has 0 radical (unpaired) electrons. The van der Waals surface area contributed by atoms with Crippen LogP contribution in [0.15, 0.2) is 48.5 Å². The minimum absolute atomic E-state index is 0.0354. The molecule has 0 heterocycles. The Morgan fingerprint density at radius 1 is 1.17 bits per heavy atom. The van der Waals surface area contributed by atoms with E-state index in [9.17, 15) is 14.9 Å². The van der Waals surface area contributed by atoms with E-state index in [1.807, 2.05) is 51.1 Å². The normalized spacial score (nSPS) is 11.1. The number of carbonyl (C=O) groups is 1. The zero-order valence-electron chi connectivity index (χ0n) is 13.5. The minimum Gasteiger partial charge on any atom is -0.325 e. The monoisotopic (exact) mass is 312 g/mol. The Morgan fingerprint density at radius 2 is 1.83 bits per heavy atom. The van der Waals surface area contributed by atoms with Crippen LogP contribution in [0.5, 0.6) is 0 Å². The average molecular weight is 312 g/mol. The van der Waals surface area contributed by atoms with Gasteiger partial charge in [-0.2, -0.15) is 0 Å². The molecule has 0 aliphatic heterocycles. The summed E-state index contributed by atoms with van der Waals surface area (Å²) in [7, 11) is 0. The smallest absolute Gasteiger partial charge is 0.271 e. The van der Waals surface area contributed by atoms with Gasteiger partial charge >= 0.3 is 0 Å². The molecule has 0 spiro atoms. The fraction of sp³-hybridized carbons (Fsp3) is 0.278. The van der Waals surface area contributed by atoms with Gasteiger partial charge in [-0.15, -0.1) is 0 Å². The van der Waals surface area contributed by atoms with Crippen LogP contribution in [0, 0.1) is 22.5 Å². The molecule has 120 valence electrons. The van der Waals surface area contributed by atoms with E-state index in [0.717, 1.165) is 11.1 Å². The van der Waals surface area contributed by atoms with Crippen molar-refractivity contribution in [2.45, 2.75) is 27.2 Å². The minimum atomic E-state index is -0.627. The second kappa shape index (κ2) is 6.60. The number of non-ortho nitro benzene ring substituents is 1. The first kappa shape index (κ1) is 16.7. The topological polar surface area (TPSA) is 72.2 Å². The van der Waals surface area contributed by atoms with Crippen molar-refractivity contribution in [3.8, 4) is 0 Å². The number of amides is 1. The molecule has 0 unspecified atom stereocenters. The van der Waals surface area contributed by atoms with Crippen molar-refractivity contribution in [2.24, 2.45) is 5.41 Å². The van der Waals surface area contributed by atoms with Crippen molar-refractivity contribution < 1.29 is 9.72 Å². The van der Waals surface area contributed by atoms with Gasteiger partial charge in [-0.3, -0.25) is 14.9 Å². The van der Waals surface area contributed by atoms with Crippen LogP contribution >= 0.6 is 0 Å². The average Bonchev–Trinajstić information content (AvgIpc) is 2.49. The number of anilines is 1. The molecule has 2 aromatic rings. The number of nitrogens with zero attached hydrogens (tertiary/aromatic N) is 1. The first-order valence-corrected chi connectivity index (χ1v) is 7.40. The largest absolute Gasteiger partial charge is 0.325 e. The summed E-state index contributed by atoms with van der Waals surface area (Å²) < 4.78 is 0. The van der Waals surface area contributed by atoms with Crippen LogP contribution in [-0.2, 0) is 11.2 Å². The van der Waals surface area contributed by atoms with Crippen LogP contribution in [0.2, 0.25) is 0 Å². The molecule has 0 bridgehead atoms. The summed E-state index contributed by atoms with van der Waals surface area (Å²) >= 11 is 0. The van der Waals surface area contributed by atoms with Gasteiger partial charge < -0.3 is 5.32 Å². The van der Waals surface area contributed by atoms with Crippen LogP contribution < -0.4 is 5.32 Å². The molecule has 0 saturated heterocycles. The lowest BCUT2D eigenvalue weighted by Crippen LogP contribution is -2.33. The van der Waals surface area contributed by atoms with E-state index in [0.29, 0.717) is 12.1 Å². The first-order valence-electron chi connectivity index (χ1n) is 7.40. The zero-order chi connectivity index (χ0) is 17.0. The summed E-state index contributed by atoms with van der Waals surface area (Å²) in [6, 6.07) is 14.2. The van der Waals surface area contributed by atoms with Gasteiger partial charge in [0.05, 0.1) is 10.6 Å². The SMILES string of the molecule is Cc1ccc([N+](=O)[O-])cc1NC(=O)C(C)(C)Cc1ccccc1. The van der Waals surface area contributed by atoms with Gasteiger partial charge in [-0.05, 0) is 24.5 Å². The maximum atomic E-state index is 12.6. The van der Waals surface area contributed by atoms with Gasteiger partial charge in [0.2, 0.25) is 5.91 Å². The van der Waals surface area contributed by atoms with Gasteiger partial charge in [0.1, 0.15) is 0 Å². The van der Waals surface area contributed by atoms with E-state index in [1.165, 1.54) is 12.1 Å². The van der Waals surface area contributed by atoms with Crippen molar-refractivity contribution in [1.82, 2.24) is 0 Å². The van der Waals surface area contributed by atoms with Crippen LogP contribution in [0.3, 0.4) is 0 Å². The molecular formula is C18H20N2O3. The van der Waals surface area contributed by atoms with E-state index in [4.69, 9.17) is 0 Å². The molecular weight excluding hydrogens is 292 g/mol. The second-order valence-corrected chi connectivity index (χ2v) is 6.26. The molecule has 0 fully saturated rings. The molecule has 1 N–H and O–H groups in total. The Morgan fingerprint density at radius 3 is 2.43 bits per heavy atom. The molecule has 5 nitrogen and oxygen atoms in total. The third-order valence-electron chi connectivity index (χ3n) is 3.78. The predicted octanol–water partition coefficient (Wildman–Crippen LogP) is 4.11. The third-order valence-corrected chi connectivity index (χ3v) is 3.78. The van der Waals surface area contributed by atoms with Crippen LogP contribution in [0.4, 0.5) is 11.4 Å². The third kappa shape index (κ3) is 4.16. The summed E-state index contributed by atoms with van der Waals surface area (Å²) in [4.78, 5) is 23.0. The highest BCUT2D eigenvalue weighted by molar-refractivity contribution is 5.95. The molecule has 23 heavy (non-hydrogen) atoms. The summed E-state index contributed by atoms with van der Waals surface area (Å²) in [6.45, 7) is 5.54. The van der Waals surface area contributed by atoms with Crippen molar-refractivity contribution >= 4 is 17.3 Å². The Kier molecular flexibility index (Phi) is 4.79. The fourth-order valence-electron chi connectivity index (χ4n) is 2.34. The summed E-state index contributed by atoms with van der Waals surface area (Å²) in [5.41, 5.74) is 1.68. The Bertz CT molecular complexity index is 724. The highest BCUT2D eigenvalue weighted by atomic mass is 16.6. The number of nitrogens with one attached hydrogen (secondary N) is 1. The molecule has 0 aliphatic carbocycles. The number of nitro benzene ring substituents is 1. The maximum Gasteiger partial charge on any atom is 0.271 e. The van der Waals surface area contributed by atoms with Crippen LogP contribution in [-0.4, -0.2) is 10.8 Å². The lowest BCUT2D eigenvalue weighted by Gasteiger charge is -2.24. The molecule has 1 amide bonds. The van der Waals surface area contributed by atoms with Crippen LogP contribution in [0.25, 0.3) is 0 Å². The highest BCUT2D eigenvalue weighted by Gasteiger charge is 2.28. The van der Waals surface area contributed by atoms with Gasteiger partial charge in [0, 0.05) is 17.5 Å². The van der Waals surface area contributed by atoms with Crippen LogP contribution in [0.1, 0.15) is 25.0 Å². The molecule has 5 heteroatoms. The summed E-state index contributed by atoms with van der Waals surface area (Å²) in [6.07, 6.45) is 0.591. The fourth-order valence-corrected chi connectivity index (χ4v) is 2.34. The zero-order valence-corrected chi connectivity index (χ0v) is 13.5. The molecule has 0 atom stereocenters. The number of rotatable bonds is 5. The van der Waals surface area contributed by atoms with E-state index in [-0.39, 0.29) is 11.6 Å². The highest BCUT2D eigenvalue weighted by Crippen LogP contribution is 2.27. The van der Waals surface area contributed by atoms with Crippen molar-refractivity contribution in [2.75, 3.05) is 5.32 Å². The summed E-state index contributed by atoms with van der Waals surface area (Å²) in [5, 5.41) is 13.7. The first-order chi connectivity index (χ1) is 10.8. The molecule has 2 aromatic carbocycles. The van der Waals surface area contributed by atoms with Crippen molar-refractivity contribution in [3.63, 3.8) is 0 Å². The summed E-state index contributed by atoms with van der Waals surface area (Å²) in [5.74, 6) is -0.162. The second-order valence-electron chi connectivity index (χ2n) is 6.26. The number of hydrogen-bond donors (Lipinski definition) is 1. The number of hydrogen-bond acceptors (Lipinski definition) is 3. The number of nitro groups is 1. The Hall–Kier alpha value is -2.69. The predicted molar refractivity (Wildman–Crippen MR) is 90.4 cm³/mol. The Balaban J connectivity index is 2.17. The number of benzene rings is 2. The van der Waals surface area contributed by atoms with Gasteiger partial charge in [-0.25, -0.2) is 0 Å². The lowest BCUT2D eigenvalue weighted by molar-refractivity contribution is -0.384.